The lowest BCUT2D eigenvalue weighted by atomic mass is 10.0. The normalized spacial score (nSPS) is 17.2. The van der Waals surface area contributed by atoms with Gasteiger partial charge in [0.2, 0.25) is 0 Å². The summed E-state index contributed by atoms with van der Waals surface area (Å²) in [7, 11) is 0. The second kappa shape index (κ2) is 15.8. The molecule has 1 fully saturated rings. The van der Waals surface area contributed by atoms with E-state index in [2.05, 4.69) is 15.6 Å². The van der Waals surface area contributed by atoms with E-state index >= 15 is 0 Å². The lowest BCUT2D eigenvalue weighted by Crippen LogP contribution is -2.70. The van der Waals surface area contributed by atoms with Gasteiger partial charge in [0.1, 0.15) is 22.7 Å². The molecule has 2 atom stereocenters. The molecule has 3 heterocycles. The minimum atomic E-state index is -0.867. The van der Waals surface area contributed by atoms with Crippen LogP contribution in [0.25, 0.3) is 5.57 Å². The molecule has 0 saturated carbocycles. The number of thioether (sulfide) groups is 1. The van der Waals surface area contributed by atoms with Crippen LogP contribution in [-0.2, 0) is 30.3 Å². The van der Waals surface area contributed by atoms with Crippen LogP contribution in [0.5, 0.6) is 0 Å². The van der Waals surface area contributed by atoms with Gasteiger partial charge in [-0.25, -0.2) is 14.6 Å². The van der Waals surface area contributed by atoms with Gasteiger partial charge in [0.05, 0.1) is 11.3 Å². The van der Waals surface area contributed by atoms with Crippen LogP contribution in [0, 0.1) is 0 Å². The first-order valence-corrected chi connectivity index (χ1v) is 18.5. The molecule has 0 radical (unpaired) electrons. The van der Waals surface area contributed by atoms with E-state index in [1.807, 2.05) is 91.0 Å². The number of amides is 3. The molecule has 10 nitrogen and oxygen atoms in total. The maximum absolute atomic E-state index is 13.9. The Morgan fingerprint density at radius 1 is 0.961 bits per heavy atom. The van der Waals surface area contributed by atoms with Crippen LogP contribution in [0.1, 0.15) is 55.7 Å². The molecular weight excluding hydrogens is 685 g/mol. The first-order chi connectivity index (χ1) is 24.6. The van der Waals surface area contributed by atoms with E-state index in [4.69, 9.17) is 9.47 Å². The van der Waals surface area contributed by atoms with Crippen LogP contribution in [-0.4, -0.2) is 56.5 Å². The van der Waals surface area contributed by atoms with E-state index in [9.17, 15) is 19.2 Å². The highest BCUT2D eigenvalue weighted by Gasteiger charge is 2.53. The number of nitrogens with one attached hydrogen (secondary N) is 2. The van der Waals surface area contributed by atoms with Gasteiger partial charge in [-0.05, 0) is 56.4 Å². The van der Waals surface area contributed by atoms with Gasteiger partial charge in [-0.15, -0.1) is 23.1 Å². The van der Waals surface area contributed by atoms with Crippen molar-refractivity contribution in [3.05, 3.63) is 137 Å². The van der Waals surface area contributed by atoms with Crippen molar-refractivity contribution in [2.75, 3.05) is 11.1 Å². The number of hydrogen-bond acceptors (Lipinski definition) is 9. The largest absolute Gasteiger partial charge is 0.448 e. The van der Waals surface area contributed by atoms with Crippen LogP contribution in [0.4, 0.5) is 9.93 Å². The molecule has 2 aliphatic rings. The minimum absolute atomic E-state index is 0.155. The summed E-state index contributed by atoms with van der Waals surface area (Å²) in [5.74, 6) is -1.06. The Balaban J connectivity index is 1.16. The Morgan fingerprint density at radius 2 is 1.59 bits per heavy atom. The van der Waals surface area contributed by atoms with Gasteiger partial charge < -0.3 is 14.8 Å². The highest BCUT2D eigenvalue weighted by atomic mass is 32.2. The van der Waals surface area contributed by atoms with E-state index in [0.29, 0.717) is 24.3 Å². The number of anilines is 1. The number of aromatic nitrogens is 1. The highest BCUT2D eigenvalue weighted by molar-refractivity contribution is 8.00. The third-order valence-electron chi connectivity index (χ3n) is 8.03. The van der Waals surface area contributed by atoms with Crippen molar-refractivity contribution in [2.24, 2.45) is 0 Å². The van der Waals surface area contributed by atoms with Crippen LogP contribution < -0.4 is 10.6 Å². The zero-order valence-corrected chi connectivity index (χ0v) is 30.0. The van der Waals surface area contributed by atoms with Crippen molar-refractivity contribution in [1.82, 2.24) is 15.2 Å². The quantitative estimate of drug-likeness (QED) is 0.0952. The number of carbonyl (C=O) groups excluding carboxylic acids is 4. The first-order valence-electron chi connectivity index (χ1n) is 16.5. The van der Waals surface area contributed by atoms with Crippen molar-refractivity contribution < 1.29 is 28.7 Å². The molecule has 262 valence electrons. The fourth-order valence-corrected chi connectivity index (χ4v) is 7.58. The molecule has 6 rings (SSSR count). The van der Waals surface area contributed by atoms with Gasteiger partial charge in [-0.3, -0.25) is 19.8 Å². The van der Waals surface area contributed by atoms with Crippen molar-refractivity contribution >= 4 is 57.7 Å². The number of allylic oxidation sites excluding steroid dienone is 1. The molecule has 2 N–H and O–H groups in total. The summed E-state index contributed by atoms with van der Waals surface area (Å²) in [5.41, 5.74) is 2.81. The summed E-state index contributed by atoms with van der Waals surface area (Å²) < 4.78 is 11.4. The molecule has 1 saturated heterocycles. The van der Waals surface area contributed by atoms with Crippen LogP contribution in [0.3, 0.4) is 0 Å². The smallest absolute Gasteiger partial charge is 0.413 e. The summed E-state index contributed by atoms with van der Waals surface area (Å²) in [6.45, 7) is 5.29. The maximum Gasteiger partial charge on any atom is 0.413 e. The third-order valence-corrected chi connectivity index (χ3v) is 9.97. The Labute approximate surface area is 304 Å². The summed E-state index contributed by atoms with van der Waals surface area (Å²) >= 11 is 2.61. The fraction of sp³-hybridized carbons (Fsp3) is 0.256. The molecule has 4 aromatic rings. The van der Waals surface area contributed by atoms with Crippen LogP contribution in [0.15, 0.2) is 114 Å². The van der Waals surface area contributed by atoms with Gasteiger partial charge in [0, 0.05) is 11.1 Å². The monoisotopic (exact) mass is 722 g/mol. The molecule has 3 amide bonds. The Hall–Kier alpha value is -5.20. The summed E-state index contributed by atoms with van der Waals surface area (Å²) in [6, 6.07) is 27.9. The molecule has 0 spiro atoms. The molecular formula is C39H38N4O6S2. The molecule has 2 aliphatic heterocycles. The van der Waals surface area contributed by atoms with E-state index in [1.165, 1.54) is 16.7 Å². The number of fused-ring (bicyclic) bond motifs is 1. The van der Waals surface area contributed by atoms with E-state index in [0.717, 1.165) is 28.0 Å². The van der Waals surface area contributed by atoms with Crippen LogP contribution in [0.2, 0.25) is 0 Å². The summed E-state index contributed by atoms with van der Waals surface area (Å²) in [4.78, 5) is 59.4. The number of hydrogen-bond donors (Lipinski definition) is 2. The lowest BCUT2D eigenvalue weighted by molar-refractivity contribution is -0.154. The zero-order chi connectivity index (χ0) is 36.0. The fourth-order valence-electron chi connectivity index (χ4n) is 5.69. The van der Waals surface area contributed by atoms with Gasteiger partial charge >= 0.3 is 12.1 Å². The number of rotatable bonds is 11. The number of thiazole rings is 1. The second-order valence-electron chi connectivity index (χ2n) is 12.9. The third kappa shape index (κ3) is 8.76. The molecule has 3 aromatic carbocycles. The van der Waals surface area contributed by atoms with E-state index in [1.54, 1.807) is 38.3 Å². The molecule has 12 heteroatoms. The maximum atomic E-state index is 13.9. The SMILES string of the molecule is CC(C)(C)OC(=O)Nc1nc(/C(=C/CCc2ccccc2)C(=O)NC2C(=O)N3C(C(=O)OC(c4ccccc4)c4ccccc4)=CCSC23)cs1. The number of carbonyl (C=O) groups is 4. The first kappa shape index (κ1) is 35.6. The summed E-state index contributed by atoms with van der Waals surface area (Å²) in [5, 5.41) is 6.98. The second-order valence-corrected chi connectivity index (χ2v) is 14.9. The van der Waals surface area contributed by atoms with Crippen molar-refractivity contribution in [1.29, 1.82) is 0 Å². The van der Waals surface area contributed by atoms with Gasteiger partial charge in [-0.1, -0.05) is 97.1 Å². The number of β-lactam (4-membered cyclic amide) rings is 1. The predicted octanol–water partition coefficient (Wildman–Crippen LogP) is 7.12. The number of esters is 1. The Morgan fingerprint density at radius 3 is 2.22 bits per heavy atom. The number of benzene rings is 3. The lowest BCUT2D eigenvalue weighted by Gasteiger charge is -2.48. The highest BCUT2D eigenvalue weighted by Crippen LogP contribution is 2.39. The van der Waals surface area contributed by atoms with Crippen molar-refractivity contribution in [3.8, 4) is 0 Å². The molecule has 0 aliphatic carbocycles. The summed E-state index contributed by atoms with van der Waals surface area (Å²) in [6.07, 6.45) is 3.37. The topological polar surface area (TPSA) is 127 Å². The minimum Gasteiger partial charge on any atom is -0.448 e. The molecule has 51 heavy (non-hydrogen) atoms. The Bertz CT molecular complexity index is 1900. The molecule has 0 bridgehead atoms. The number of aryl methyl sites for hydroxylation is 1. The zero-order valence-electron chi connectivity index (χ0n) is 28.4. The predicted molar refractivity (Wildman–Crippen MR) is 199 cm³/mol. The van der Waals surface area contributed by atoms with E-state index < -0.39 is 47.0 Å². The van der Waals surface area contributed by atoms with E-state index in [-0.39, 0.29) is 16.4 Å². The van der Waals surface area contributed by atoms with Gasteiger partial charge in [-0.2, -0.15) is 0 Å². The molecule has 1 aromatic heterocycles. The number of ether oxygens (including phenoxy) is 2. The van der Waals surface area contributed by atoms with Crippen molar-refractivity contribution in [2.45, 2.75) is 56.7 Å². The molecule has 2 unspecified atom stereocenters. The standard InChI is InChI=1S/C39H38N4O6S2/c1-39(2,3)49-38(47)42-37-40-29(24-51-37)28(21-13-16-25-14-7-4-8-15-25)33(44)41-31-34(45)43-30(22-23-50-35(31)43)36(46)48-32(26-17-9-5-10-18-26)27-19-11-6-12-20-27/h4-12,14-15,17-22,24,31-32,35H,13,16,23H2,1-3H3,(H,41,44)(H,40,42,47)/b28-21-. The van der Waals surface area contributed by atoms with Gasteiger partial charge in [0.25, 0.3) is 11.8 Å². The average molecular weight is 723 g/mol. The van der Waals surface area contributed by atoms with Crippen molar-refractivity contribution in [3.63, 3.8) is 0 Å². The Kier molecular flexibility index (Phi) is 11.0. The number of nitrogens with zero attached hydrogens (tertiary/aromatic N) is 2. The average Bonchev–Trinajstić information content (AvgIpc) is 3.58. The van der Waals surface area contributed by atoms with Gasteiger partial charge in [0.15, 0.2) is 11.2 Å². The van der Waals surface area contributed by atoms with Crippen LogP contribution >= 0.6 is 23.1 Å².